The molecule has 0 amide bonds. The number of benzene rings is 1. The van der Waals surface area contributed by atoms with E-state index in [2.05, 4.69) is 20.2 Å². The van der Waals surface area contributed by atoms with Crippen molar-refractivity contribution in [1.29, 1.82) is 0 Å². The monoisotopic (exact) mass is 328 g/mol. The van der Waals surface area contributed by atoms with Gasteiger partial charge in [0.25, 0.3) is 0 Å². The highest BCUT2D eigenvalue weighted by Gasteiger charge is 2.15. The molecule has 7 nitrogen and oxygen atoms in total. The Hall–Kier alpha value is -2.54. The van der Waals surface area contributed by atoms with Gasteiger partial charge < -0.3 is 24.4 Å². The van der Waals surface area contributed by atoms with Crippen molar-refractivity contribution in [3.05, 3.63) is 35.7 Å². The average Bonchev–Trinajstić information content (AvgIpc) is 3.08. The molecule has 7 heteroatoms. The number of anilines is 2. The summed E-state index contributed by atoms with van der Waals surface area (Å²) in [6.45, 7) is 6.06. The molecule has 0 atom stereocenters. The Morgan fingerprint density at radius 2 is 1.92 bits per heavy atom. The van der Waals surface area contributed by atoms with Gasteiger partial charge >= 0.3 is 0 Å². The molecule has 0 radical (unpaired) electrons. The molecule has 0 spiro atoms. The van der Waals surface area contributed by atoms with Crippen molar-refractivity contribution in [3.63, 3.8) is 0 Å². The van der Waals surface area contributed by atoms with Gasteiger partial charge in [-0.05, 0) is 24.6 Å². The maximum Gasteiger partial charge on any atom is 0.231 e. The molecule has 2 aliphatic heterocycles. The molecular formula is C17H20N4O3. The van der Waals surface area contributed by atoms with Gasteiger partial charge in [0.1, 0.15) is 17.5 Å². The van der Waals surface area contributed by atoms with Gasteiger partial charge in [0.15, 0.2) is 11.5 Å². The Labute approximate surface area is 140 Å². The first-order chi connectivity index (χ1) is 11.8. The lowest BCUT2D eigenvalue weighted by Crippen LogP contribution is -2.37. The normalized spacial score (nSPS) is 16.3. The standard InChI is InChI=1S/C17H20N4O3/c1-12-19-16(9-17(20-12)21-4-6-22-7-5-21)18-10-13-2-3-14-15(8-13)24-11-23-14/h2-3,8-9H,4-7,10-11H2,1H3,(H,18,19,20). The van der Waals surface area contributed by atoms with E-state index in [0.29, 0.717) is 13.3 Å². The Morgan fingerprint density at radius 3 is 2.79 bits per heavy atom. The van der Waals surface area contributed by atoms with E-state index < -0.39 is 0 Å². The summed E-state index contributed by atoms with van der Waals surface area (Å²) in [5.41, 5.74) is 1.11. The molecule has 2 aromatic rings. The van der Waals surface area contributed by atoms with Crippen molar-refractivity contribution < 1.29 is 14.2 Å². The molecule has 2 aliphatic rings. The Balaban J connectivity index is 1.47. The minimum Gasteiger partial charge on any atom is -0.454 e. The first-order valence-electron chi connectivity index (χ1n) is 8.09. The highest BCUT2D eigenvalue weighted by molar-refractivity contribution is 5.51. The molecule has 4 rings (SSSR count). The second-order valence-corrected chi connectivity index (χ2v) is 5.80. The molecule has 0 aliphatic carbocycles. The summed E-state index contributed by atoms with van der Waals surface area (Å²) in [5.74, 6) is 4.11. The number of hydrogen-bond acceptors (Lipinski definition) is 7. The topological polar surface area (TPSA) is 68.7 Å². The molecule has 1 fully saturated rings. The Kier molecular flexibility index (Phi) is 4.08. The van der Waals surface area contributed by atoms with Crippen LogP contribution in [0.1, 0.15) is 11.4 Å². The van der Waals surface area contributed by atoms with Crippen molar-refractivity contribution in [3.8, 4) is 11.5 Å². The second-order valence-electron chi connectivity index (χ2n) is 5.80. The maximum atomic E-state index is 5.41. The van der Waals surface area contributed by atoms with Crippen LogP contribution < -0.4 is 19.7 Å². The highest BCUT2D eigenvalue weighted by Crippen LogP contribution is 2.32. The fourth-order valence-electron chi connectivity index (χ4n) is 2.84. The van der Waals surface area contributed by atoms with Gasteiger partial charge in [-0.1, -0.05) is 6.07 Å². The van der Waals surface area contributed by atoms with Gasteiger partial charge in [0, 0.05) is 25.7 Å². The van der Waals surface area contributed by atoms with Crippen LogP contribution in [0.5, 0.6) is 11.5 Å². The third-order valence-electron chi connectivity index (χ3n) is 4.07. The first kappa shape index (κ1) is 15.0. The fourth-order valence-corrected chi connectivity index (χ4v) is 2.84. The molecule has 1 aromatic heterocycles. The van der Waals surface area contributed by atoms with Gasteiger partial charge in [-0.25, -0.2) is 9.97 Å². The van der Waals surface area contributed by atoms with Gasteiger partial charge in [0.05, 0.1) is 13.2 Å². The van der Waals surface area contributed by atoms with Gasteiger partial charge in [-0.2, -0.15) is 0 Å². The lowest BCUT2D eigenvalue weighted by molar-refractivity contribution is 0.122. The summed E-state index contributed by atoms with van der Waals surface area (Å²) in [6, 6.07) is 7.94. The summed E-state index contributed by atoms with van der Waals surface area (Å²) in [7, 11) is 0. The third kappa shape index (κ3) is 3.21. The fraction of sp³-hybridized carbons (Fsp3) is 0.412. The van der Waals surface area contributed by atoms with E-state index >= 15 is 0 Å². The van der Waals surface area contributed by atoms with Gasteiger partial charge in [0.2, 0.25) is 6.79 Å². The predicted octanol–water partition coefficient (Wildman–Crippen LogP) is 1.96. The third-order valence-corrected chi connectivity index (χ3v) is 4.07. The minimum atomic E-state index is 0.292. The highest BCUT2D eigenvalue weighted by atomic mass is 16.7. The molecular weight excluding hydrogens is 308 g/mol. The van der Waals surface area contributed by atoms with Crippen LogP contribution in [0.25, 0.3) is 0 Å². The van der Waals surface area contributed by atoms with Crippen LogP contribution in [0, 0.1) is 6.92 Å². The van der Waals surface area contributed by atoms with Crippen LogP contribution in [0.15, 0.2) is 24.3 Å². The lowest BCUT2D eigenvalue weighted by atomic mass is 10.2. The summed E-state index contributed by atoms with van der Waals surface area (Å²) in [5, 5.41) is 3.37. The quantitative estimate of drug-likeness (QED) is 0.920. The zero-order valence-corrected chi connectivity index (χ0v) is 13.6. The second kappa shape index (κ2) is 6.52. The van der Waals surface area contributed by atoms with Crippen LogP contribution >= 0.6 is 0 Å². The molecule has 24 heavy (non-hydrogen) atoms. The minimum absolute atomic E-state index is 0.292. The Bertz CT molecular complexity index is 732. The van der Waals surface area contributed by atoms with E-state index in [9.17, 15) is 0 Å². The summed E-state index contributed by atoms with van der Waals surface area (Å²) < 4.78 is 16.2. The largest absolute Gasteiger partial charge is 0.454 e. The van der Waals surface area contributed by atoms with E-state index in [4.69, 9.17) is 14.2 Å². The van der Waals surface area contributed by atoms with E-state index in [1.54, 1.807) is 0 Å². The van der Waals surface area contributed by atoms with Crippen LogP contribution in [0.4, 0.5) is 11.6 Å². The zero-order chi connectivity index (χ0) is 16.4. The molecule has 3 heterocycles. The van der Waals surface area contributed by atoms with Crippen LogP contribution in [0.3, 0.4) is 0 Å². The number of nitrogens with one attached hydrogen (secondary N) is 1. The summed E-state index contributed by atoms with van der Waals surface area (Å²) in [4.78, 5) is 11.2. The molecule has 0 saturated carbocycles. The molecule has 126 valence electrons. The van der Waals surface area contributed by atoms with Crippen molar-refractivity contribution in [2.24, 2.45) is 0 Å². The van der Waals surface area contributed by atoms with Crippen LogP contribution in [0.2, 0.25) is 0 Å². The molecule has 1 N–H and O–H groups in total. The molecule has 0 bridgehead atoms. The summed E-state index contributed by atoms with van der Waals surface area (Å²) >= 11 is 0. The van der Waals surface area contributed by atoms with Gasteiger partial charge in [-0.3, -0.25) is 0 Å². The molecule has 0 unspecified atom stereocenters. The van der Waals surface area contributed by atoms with E-state index in [1.807, 2.05) is 31.2 Å². The van der Waals surface area contributed by atoms with Gasteiger partial charge in [-0.15, -0.1) is 0 Å². The SMILES string of the molecule is Cc1nc(NCc2ccc3c(c2)OCO3)cc(N2CCOCC2)n1. The number of aromatic nitrogens is 2. The van der Waals surface area contributed by atoms with Crippen molar-refractivity contribution in [2.45, 2.75) is 13.5 Å². The van der Waals surface area contributed by atoms with E-state index in [0.717, 1.165) is 60.8 Å². The zero-order valence-electron chi connectivity index (χ0n) is 13.6. The van der Waals surface area contributed by atoms with E-state index in [-0.39, 0.29) is 0 Å². The predicted molar refractivity (Wildman–Crippen MR) is 89.7 cm³/mol. The number of rotatable bonds is 4. The molecule has 1 saturated heterocycles. The van der Waals surface area contributed by atoms with Crippen molar-refractivity contribution >= 4 is 11.6 Å². The average molecular weight is 328 g/mol. The number of hydrogen-bond donors (Lipinski definition) is 1. The Morgan fingerprint density at radius 1 is 1.08 bits per heavy atom. The van der Waals surface area contributed by atoms with E-state index in [1.165, 1.54) is 0 Å². The lowest BCUT2D eigenvalue weighted by Gasteiger charge is -2.28. The van der Waals surface area contributed by atoms with Crippen LogP contribution in [-0.4, -0.2) is 43.1 Å². The van der Waals surface area contributed by atoms with Crippen LogP contribution in [-0.2, 0) is 11.3 Å². The number of fused-ring (bicyclic) bond motifs is 1. The smallest absolute Gasteiger partial charge is 0.231 e. The first-order valence-corrected chi connectivity index (χ1v) is 8.09. The maximum absolute atomic E-state index is 5.41. The number of morpholine rings is 1. The molecule has 1 aromatic carbocycles. The summed E-state index contributed by atoms with van der Waals surface area (Å²) in [6.07, 6.45) is 0. The van der Waals surface area contributed by atoms with Crippen molar-refractivity contribution in [2.75, 3.05) is 43.3 Å². The van der Waals surface area contributed by atoms with Crippen molar-refractivity contribution in [1.82, 2.24) is 9.97 Å². The number of ether oxygens (including phenoxy) is 3. The number of nitrogens with zero attached hydrogens (tertiary/aromatic N) is 3. The number of aryl methyl sites for hydroxylation is 1.